The van der Waals surface area contributed by atoms with Crippen molar-refractivity contribution in [2.75, 3.05) is 43.7 Å². The van der Waals surface area contributed by atoms with E-state index in [9.17, 15) is 13.2 Å². The highest BCUT2D eigenvalue weighted by Crippen LogP contribution is 2.35. The zero-order chi connectivity index (χ0) is 22.2. The smallest absolute Gasteiger partial charge is 0.241 e. The molecule has 2 aromatic carbocycles. The van der Waals surface area contributed by atoms with E-state index in [0.717, 1.165) is 17.7 Å². The zero-order valence-electron chi connectivity index (χ0n) is 17.5. The number of hydrogen-bond acceptors (Lipinski definition) is 6. The third-order valence-corrected chi connectivity index (χ3v) is 7.96. The van der Waals surface area contributed by atoms with Crippen LogP contribution < -0.4 is 14.4 Å². The van der Waals surface area contributed by atoms with E-state index in [4.69, 9.17) is 21.1 Å². The Balaban J connectivity index is 1.56. The van der Waals surface area contributed by atoms with Gasteiger partial charge in [-0.2, -0.15) is 0 Å². The minimum Gasteiger partial charge on any atom is -0.497 e. The molecule has 2 fully saturated rings. The predicted octanol–water partition coefficient (Wildman–Crippen LogP) is 2.41. The Morgan fingerprint density at radius 1 is 1.03 bits per heavy atom. The lowest BCUT2D eigenvalue weighted by molar-refractivity contribution is -0.123. The summed E-state index contributed by atoms with van der Waals surface area (Å²) in [7, 11) is -0.108. The Bertz CT molecular complexity index is 1070. The summed E-state index contributed by atoms with van der Waals surface area (Å²) in [5.41, 5.74) is 1.70. The molecule has 0 bridgehead atoms. The number of halogens is 1. The summed E-state index contributed by atoms with van der Waals surface area (Å²) >= 11 is 6.26. The number of amides is 1. The second kappa shape index (κ2) is 8.68. The molecule has 0 radical (unpaired) electrons. The molecule has 7 nitrogen and oxygen atoms in total. The maximum atomic E-state index is 13.1. The zero-order valence-corrected chi connectivity index (χ0v) is 19.0. The van der Waals surface area contributed by atoms with Crippen LogP contribution in [0.2, 0.25) is 5.02 Å². The van der Waals surface area contributed by atoms with Crippen molar-refractivity contribution in [1.82, 2.24) is 4.90 Å². The van der Waals surface area contributed by atoms with Crippen LogP contribution in [0.1, 0.15) is 5.56 Å². The number of piperazine rings is 1. The fourth-order valence-corrected chi connectivity index (χ4v) is 6.64. The van der Waals surface area contributed by atoms with Gasteiger partial charge in [0.2, 0.25) is 5.91 Å². The van der Waals surface area contributed by atoms with Crippen molar-refractivity contribution in [1.29, 1.82) is 0 Å². The van der Waals surface area contributed by atoms with Gasteiger partial charge in [-0.05, 0) is 42.3 Å². The molecule has 2 heterocycles. The van der Waals surface area contributed by atoms with E-state index in [0.29, 0.717) is 23.0 Å². The number of carbonyl (C=O) groups excluding carboxylic acids is 1. The van der Waals surface area contributed by atoms with Crippen molar-refractivity contribution in [3.05, 3.63) is 53.1 Å². The van der Waals surface area contributed by atoms with Gasteiger partial charge in [0, 0.05) is 18.3 Å². The molecule has 0 saturated carbocycles. The van der Waals surface area contributed by atoms with E-state index in [2.05, 4.69) is 0 Å². The lowest BCUT2D eigenvalue weighted by Crippen LogP contribution is -2.62. The highest BCUT2D eigenvalue weighted by Gasteiger charge is 2.49. The number of fused-ring (bicyclic) bond motifs is 1. The molecule has 0 aromatic heterocycles. The number of hydrogen-bond donors (Lipinski definition) is 0. The van der Waals surface area contributed by atoms with Gasteiger partial charge >= 0.3 is 0 Å². The molecular formula is C22H25ClN2O5S. The molecule has 2 atom stereocenters. The van der Waals surface area contributed by atoms with Gasteiger partial charge in [-0.15, -0.1) is 0 Å². The molecule has 2 saturated heterocycles. The number of anilines is 1. The van der Waals surface area contributed by atoms with Gasteiger partial charge in [0.05, 0.1) is 43.3 Å². The van der Waals surface area contributed by atoms with Crippen LogP contribution >= 0.6 is 11.6 Å². The molecule has 0 spiro atoms. The minimum absolute atomic E-state index is 0.0495. The predicted molar refractivity (Wildman–Crippen MR) is 120 cm³/mol. The Labute approximate surface area is 187 Å². The highest BCUT2D eigenvalue weighted by atomic mass is 35.5. The van der Waals surface area contributed by atoms with Crippen LogP contribution in [-0.2, 0) is 21.1 Å². The normalized spacial score (nSPS) is 22.9. The minimum atomic E-state index is -3.25. The summed E-state index contributed by atoms with van der Waals surface area (Å²) in [6.45, 7) is 0.766. The van der Waals surface area contributed by atoms with Crippen LogP contribution in [0.25, 0.3) is 0 Å². The Hall–Kier alpha value is -2.29. The first-order valence-corrected chi connectivity index (χ1v) is 12.2. The van der Waals surface area contributed by atoms with E-state index < -0.39 is 15.9 Å². The number of benzene rings is 2. The van der Waals surface area contributed by atoms with Gasteiger partial charge in [0.15, 0.2) is 9.84 Å². The second-order valence-electron chi connectivity index (χ2n) is 7.86. The summed E-state index contributed by atoms with van der Waals surface area (Å²) in [5.74, 6) is 1.16. The van der Waals surface area contributed by atoms with Crippen molar-refractivity contribution in [2.24, 2.45) is 0 Å². The molecule has 166 valence electrons. The third kappa shape index (κ3) is 4.51. The molecule has 1 amide bonds. The van der Waals surface area contributed by atoms with Crippen molar-refractivity contribution in [2.45, 2.75) is 18.5 Å². The summed E-state index contributed by atoms with van der Waals surface area (Å²) in [4.78, 5) is 16.7. The molecule has 31 heavy (non-hydrogen) atoms. The van der Waals surface area contributed by atoms with Gasteiger partial charge in [0.1, 0.15) is 11.5 Å². The van der Waals surface area contributed by atoms with Crippen LogP contribution in [-0.4, -0.2) is 70.1 Å². The molecular weight excluding hydrogens is 440 g/mol. The molecule has 2 aliphatic rings. The number of sulfone groups is 1. The monoisotopic (exact) mass is 464 g/mol. The first kappa shape index (κ1) is 21.9. The fraction of sp³-hybridized carbons (Fsp3) is 0.409. The number of carbonyl (C=O) groups is 1. The number of ether oxygens (including phenoxy) is 2. The highest BCUT2D eigenvalue weighted by molar-refractivity contribution is 7.91. The molecule has 9 heteroatoms. The SMILES string of the molecule is COc1ccc(CCN2CC(=O)N(c3ccc(OC)c(Cl)c3)[C@H]3CS(=O)(=O)C[C@H]32)cc1. The van der Waals surface area contributed by atoms with Crippen molar-refractivity contribution < 1.29 is 22.7 Å². The van der Waals surface area contributed by atoms with Gasteiger partial charge in [-0.25, -0.2) is 8.42 Å². The molecule has 0 N–H and O–H groups in total. The number of nitrogens with zero attached hydrogens (tertiary/aromatic N) is 2. The largest absolute Gasteiger partial charge is 0.497 e. The maximum absolute atomic E-state index is 13.1. The third-order valence-electron chi connectivity index (χ3n) is 5.96. The van der Waals surface area contributed by atoms with Crippen LogP contribution in [0.3, 0.4) is 0 Å². The van der Waals surface area contributed by atoms with E-state index in [1.807, 2.05) is 29.2 Å². The topological polar surface area (TPSA) is 76.2 Å². The number of methoxy groups -OCH3 is 2. The lowest BCUT2D eigenvalue weighted by Gasteiger charge is -2.43. The van der Waals surface area contributed by atoms with Crippen molar-refractivity contribution in [3.63, 3.8) is 0 Å². The second-order valence-corrected chi connectivity index (χ2v) is 10.4. The van der Waals surface area contributed by atoms with Gasteiger partial charge in [-0.1, -0.05) is 23.7 Å². The van der Waals surface area contributed by atoms with Crippen molar-refractivity contribution >= 4 is 33.0 Å². The summed E-state index contributed by atoms with van der Waals surface area (Å²) < 4.78 is 35.4. The quantitative estimate of drug-likeness (QED) is 0.653. The average Bonchev–Trinajstić information content (AvgIpc) is 3.07. The van der Waals surface area contributed by atoms with Gasteiger partial charge in [-0.3, -0.25) is 9.69 Å². The summed E-state index contributed by atoms with van der Waals surface area (Å²) in [5, 5.41) is 0.382. The first-order chi connectivity index (χ1) is 14.8. The Morgan fingerprint density at radius 2 is 1.74 bits per heavy atom. The molecule has 0 aliphatic carbocycles. The van der Waals surface area contributed by atoms with E-state index in [1.54, 1.807) is 30.2 Å². The summed E-state index contributed by atoms with van der Waals surface area (Å²) in [6, 6.07) is 12.2. The number of rotatable bonds is 6. The van der Waals surface area contributed by atoms with Crippen LogP contribution in [0.4, 0.5) is 5.69 Å². The fourth-order valence-electron chi connectivity index (χ4n) is 4.41. The van der Waals surface area contributed by atoms with Gasteiger partial charge < -0.3 is 14.4 Å². The Kier molecular flexibility index (Phi) is 6.14. The molecule has 2 aliphatic heterocycles. The van der Waals surface area contributed by atoms with E-state index in [-0.39, 0.29) is 30.0 Å². The van der Waals surface area contributed by atoms with Crippen LogP contribution in [0, 0.1) is 0 Å². The maximum Gasteiger partial charge on any atom is 0.241 e. The van der Waals surface area contributed by atoms with E-state index >= 15 is 0 Å². The molecule has 4 rings (SSSR count). The standard InChI is InChI=1S/C22H25ClN2O5S/c1-29-17-6-3-15(4-7-17)9-10-24-12-22(26)25(20-14-31(27,28)13-19(20)24)16-5-8-21(30-2)18(23)11-16/h3-8,11,19-20H,9-10,12-14H2,1-2H3/t19-,20+/m1/s1. The van der Waals surface area contributed by atoms with Crippen molar-refractivity contribution in [3.8, 4) is 11.5 Å². The average molecular weight is 465 g/mol. The molecule has 0 unspecified atom stereocenters. The van der Waals surface area contributed by atoms with Crippen LogP contribution in [0.15, 0.2) is 42.5 Å². The Morgan fingerprint density at radius 3 is 2.39 bits per heavy atom. The lowest BCUT2D eigenvalue weighted by atomic mass is 10.0. The molecule has 2 aromatic rings. The first-order valence-electron chi connectivity index (χ1n) is 10.0. The van der Waals surface area contributed by atoms with Crippen LogP contribution in [0.5, 0.6) is 11.5 Å². The van der Waals surface area contributed by atoms with Gasteiger partial charge in [0.25, 0.3) is 0 Å². The van der Waals surface area contributed by atoms with E-state index in [1.165, 1.54) is 7.11 Å². The summed E-state index contributed by atoms with van der Waals surface area (Å²) in [6.07, 6.45) is 0.717.